The SMILES string of the molecule is CCOC(=O)[C@@H]1[C@H](C2CCC2)N1[S+]([O-])C(C)(C)C. The van der Waals surface area contributed by atoms with E-state index in [9.17, 15) is 9.35 Å². The molecule has 2 rings (SSSR count). The van der Waals surface area contributed by atoms with E-state index in [1.54, 1.807) is 0 Å². The molecule has 4 nitrogen and oxygen atoms in total. The minimum Gasteiger partial charge on any atom is -0.597 e. The molecular weight excluding hydrogens is 250 g/mol. The Morgan fingerprint density at radius 2 is 2.06 bits per heavy atom. The van der Waals surface area contributed by atoms with Gasteiger partial charge in [0.2, 0.25) is 0 Å². The summed E-state index contributed by atoms with van der Waals surface area (Å²) in [5.74, 6) is 0.331. The van der Waals surface area contributed by atoms with Gasteiger partial charge in [-0.2, -0.15) is 0 Å². The summed E-state index contributed by atoms with van der Waals surface area (Å²) >= 11 is -1.12. The van der Waals surface area contributed by atoms with Crippen LogP contribution in [0.4, 0.5) is 0 Å². The number of hydrogen-bond acceptors (Lipinski definition) is 4. The average Bonchev–Trinajstić information content (AvgIpc) is 2.88. The molecule has 0 bridgehead atoms. The first-order chi connectivity index (χ1) is 8.38. The molecule has 1 aliphatic heterocycles. The molecule has 2 aliphatic rings. The highest BCUT2D eigenvalue weighted by atomic mass is 32.2. The van der Waals surface area contributed by atoms with Crippen molar-refractivity contribution in [2.24, 2.45) is 5.92 Å². The standard InChI is InChI=1S/C13H23NO3S/c1-5-17-12(15)11-10(9-7-6-8-9)14(11)18(16)13(2,3)4/h9-11H,5-8H2,1-4H3/t10-,11-,14?,18?/m0/s1. The predicted octanol–water partition coefficient (Wildman–Crippen LogP) is 1.86. The summed E-state index contributed by atoms with van der Waals surface area (Å²) in [5.41, 5.74) is 0. The van der Waals surface area contributed by atoms with E-state index in [0.717, 1.165) is 12.8 Å². The van der Waals surface area contributed by atoms with Gasteiger partial charge in [0.15, 0.2) is 6.04 Å². The van der Waals surface area contributed by atoms with Crippen LogP contribution in [0.15, 0.2) is 0 Å². The van der Waals surface area contributed by atoms with Gasteiger partial charge < -0.3 is 9.29 Å². The molecule has 5 heteroatoms. The lowest BCUT2D eigenvalue weighted by Crippen LogP contribution is -2.36. The molecule has 0 amide bonds. The number of rotatable bonds is 4. The second-order valence-corrected chi connectivity index (χ2v) is 8.24. The highest BCUT2D eigenvalue weighted by Crippen LogP contribution is 2.48. The number of esters is 1. The first-order valence-corrected chi connectivity index (χ1v) is 7.85. The number of carbonyl (C=O) groups excluding carboxylic acids is 1. The zero-order chi connectivity index (χ0) is 13.5. The largest absolute Gasteiger partial charge is 0.597 e. The molecule has 4 atom stereocenters. The normalized spacial score (nSPS) is 33.7. The monoisotopic (exact) mass is 273 g/mol. The van der Waals surface area contributed by atoms with Gasteiger partial charge in [0.25, 0.3) is 0 Å². The highest BCUT2D eigenvalue weighted by Gasteiger charge is 2.66. The number of nitrogens with zero attached hydrogens (tertiary/aromatic N) is 1. The minimum atomic E-state index is -1.12. The molecule has 2 fully saturated rings. The van der Waals surface area contributed by atoms with Crippen LogP contribution in [-0.4, -0.2) is 38.3 Å². The van der Waals surface area contributed by atoms with Gasteiger partial charge in [0, 0.05) is 11.4 Å². The van der Waals surface area contributed by atoms with Crippen LogP contribution >= 0.6 is 0 Å². The maximum absolute atomic E-state index is 12.4. The van der Waals surface area contributed by atoms with Gasteiger partial charge in [-0.15, -0.1) is 4.31 Å². The van der Waals surface area contributed by atoms with Gasteiger partial charge in [-0.3, -0.25) is 4.79 Å². The molecule has 2 unspecified atom stereocenters. The minimum absolute atomic E-state index is 0.151. The summed E-state index contributed by atoms with van der Waals surface area (Å²) in [5, 5.41) is 0. The summed E-state index contributed by atoms with van der Waals surface area (Å²) in [6.07, 6.45) is 3.53. The van der Waals surface area contributed by atoms with Crippen molar-refractivity contribution in [1.82, 2.24) is 4.31 Å². The highest BCUT2D eigenvalue weighted by molar-refractivity contribution is 7.90. The summed E-state index contributed by atoms with van der Waals surface area (Å²) in [6.45, 7) is 8.04. The predicted molar refractivity (Wildman–Crippen MR) is 71.3 cm³/mol. The third-order valence-electron chi connectivity index (χ3n) is 3.68. The number of hydrogen-bond donors (Lipinski definition) is 0. The maximum Gasteiger partial charge on any atom is 0.329 e. The van der Waals surface area contributed by atoms with Crippen LogP contribution in [0.2, 0.25) is 0 Å². The number of carbonyl (C=O) groups is 1. The Labute approximate surface area is 112 Å². The molecular formula is C13H23NO3S. The van der Waals surface area contributed by atoms with Gasteiger partial charge in [-0.05, 0) is 46.5 Å². The third-order valence-corrected chi connectivity index (χ3v) is 5.58. The fourth-order valence-electron chi connectivity index (χ4n) is 2.48. The van der Waals surface area contributed by atoms with E-state index in [2.05, 4.69) is 0 Å². The zero-order valence-corrected chi connectivity index (χ0v) is 12.5. The summed E-state index contributed by atoms with van der Waals surface area (Å²) in [4.78, 5) is 11.9. The van der Waals surface area contributed by atoms with Crippen molar-refractivity contribution < 1.29 is 14.1 Å². The van der Waals surface area contributed by atoms with E-state index in [1.165, 1.54) is 6.42 Å². The van der Waals surface area contributed by atoms with Gasteiger partial charge in [-0.25, -0.2) is 0 Å². The van der Waals surface area contributed by atoms with Crippen molar-refractivity contribution in [3.63, 3.8) is 0 Å². The molecule has 0 spiro atoms. The van der Waals surface area contributed by atoms with Crippen LogP contribution in [0.5, 0.6) is 0 Å². The molecule has 104 valence electrons. The second-order valence-electron chi connectivity index (χ2n) is 6.10. The Kier molecular flexibility index (Phi) is 3.95. The molecule has 0 aromatic carbocycles. The van der Waals surface area contributed by atoms with Gasteiger partial charge in [0.05, 0.1) is 12.6 Å². The van der Waals surface area contributed by atoms with Crippen molar-refractivity contribution in [3.05, 3.63) is 0 Å². The molecule has 1 saturated heterocycles. The Bertz CT molecular complexity index is 325. The molecule has 0 N–H and O–H groups in total. The molecule has 1 aliphatic carbocycles. The quantitative estimate of drug-likeness (QED) is 0.446. The zero-order valence-electron chi connectivity index (χ0n) is 11.6. The topological polar surface area (TPSA) is 52.4 Å². The van der Waals surface area contributed by atoms with Crippen molar-refractivity contribution in [2.45, 2.75) is 63.8 Å². The molecule has 0 aromatic rings. The van der Waals surface area contributed by atoms with Crippen LogP contribution < -0.4 is 0 Å². The van der Waals surface area contributed by atoms with Crippen LogP contribution in [-0.2, 0) is 20.9 Å². The Hall–Kier alpha value is -0.260. The molecule has 1 heterocycles. The first kappa shape index (κ1) is 14.2. The number of ether oxygens (including phenoxy) is 1. The Morgan fingerprint density at radius 1 is 1.44 bits per heavy atom. The Morgan fingerprint density at radius 3 is 2.44 bits per heavy atom. The first-order valence-electron chi connectivity index (χ1n) is 6.75. The van der Waals surface area contributed by atoms with E-state index in [-0.39, 0.29) is 22.8 Å². The smallest absolute Gasteiger partial charge is 0.329 e. The van der Waals surface area contributed by atoms with E-state index < -0.39 is 11.4 Å². The van der Waals surface area contributed by atoms with Gasteiger partial charge in [-0.1, -0.05) is 6.42 Å². The van der Waals surface area contributed by atoms with Crippen molar-refractivity contribution in [2.75, 3.05) is 6.61 Å². The molecule has 18 heavy (non-hydrogen) atoms. The summed E-state index contributed by atoms with van der Waals surface area (Å²) < 4.78 is 19.1. The Balaban J connectivity index is 2.05. The fraction of sp³-hybridized carbons (Fsp3) is 0.923. The third kappa shape index (κ3) is 2.53. The fourth-order valence-corrected chi connectivity index (χ4v) is 3.98. The summed E-state index contributed by atoms with van der Waals surface area (Å²) in [7, 11) is 0. The van der Waals surface area contributed by atoms with Crippen LogP contribution in [0.1, 0.15) is 47.0 Å². The van der Waals surface area contributed by atoms with E-state index in [1.807, 2.05) is 32.0 Å². The van der Waals surface area contributed by atoms with Crippen LogP contribution in [0.25, 0.3) is 0 Å². The summed E-state index contributed by atoms with van der Waals surface area (Å²) in [6, 6.07) is -0.117. The van der Waals surface area contributed by atoms with Gasteiger partial charge >= 0.3 is 5.97 Å². The van der Waals surface area contributed by atoms with Crippen molar-refractivity contribution >= 4 is 17.3 Å². The lowest BCUT2D eigenvalue weighted by atomic mass is 9.82. The average molecular weight is 273 g/mol. The van der Waals surface area contributed by atoms with E-state index in [4.69, 9.17) is 4.74 Å². The van der Waals surface area contributed by atoms with Crippen LogP contribution in [0.3, 0.4) is 0 Å². The van der Waals surface area contributed by atoms with Gasteiger partial charge in [0.1, 0.15) is 4.75 Å². The molecule has 0 aromatic heterocycles. The lowest BCUT2D eigenvalue weighted by Gasteiger charge is -2.28. The molecule has 0 radical (unpaired) electrons. The van der Waals surface area contributed by atoms with E-state index >= 15 is 0 Å². The second kappa shape index (κ2) is 5.02. The van der Waals surface area contributed by atoms with Crippen LogP contribution in [0, 0.1) is 5.92 Å². The van der Waals surface area contributed by atoms with E-state index in [0.29, 0.717) is 12.5 Å². The molecule has 1 saturated carbocycles. The lowest BCUT2D eigenvalue weighted by molar-refractivity contribution is -0.143. The van der Waals surface area contributed by atoms with Crippen molar-refractivity contribution in [3.8, 4) is 0 Å². The van der Waals surface area contributed by atoms with Crippen molar-refractivity contribution in [1.29, 1.82) is 0 Å². The maximum atomic E-state index is 12.4.